The summed E-state index contributed by atoms with van der Waals surface area (Å²) in [6.07, 6.45) is 2.69. The summed E-state index contributed by atoms with van der Waals surface area (Å²) in [5.41, 5.74) is 0.987. The normalized spacial score (nSPS) is 21.7. The van der Waals surface area contributed by atoms with Gasteiger partial charge in [0, 0.05) is 30.8 Å². The van der Waals surface area contributed by atoms with Gasteiger partial charge in [-0.2, -0.15) is 0 Å². The van der Waals surface area contributed by atoms with Crippen LogP contribution < -0.4 is 10.1 Å². The first-order valence-corrected chi connectivity index (χ1v) is 7.83. The SMILES string of the molecule is COCCNCc1c(Cl)cccc1OCC1CCC(C)O1. The van der Waals surface area contributed by atoms with Gasteiger partial charge in [-0.15, -0.1) is 0 Å². The quantitative estimate of drug-likeness (QED) is 0.749. The zero-order chi connectivity index (χ0) is 15.1. The van der Waals surface area contributed by atoms with Gasteiger partial charge < -0.3 is 19.5 Å². The third-order valence-corrected chi connectivity index (χ3v) is 3.96. The lowest BCUT2D eigenvalue weighted by atomic mass is 10.2. The Morgan fingerprint density at radius 2 is 2.24 bits per heavy atom. The summed E-state index contributed by atoms with van der Waals surface area (Å²) in [6.45, 7) is 4.81. The van der Waals surface area contributed by atoms with Gasteiger partial charge in [0.25, 0.3) is 0 Å². The second-order valence-electron chi connectivity index (χ2n) is 5.34. The molecule has 0 saturated carbocycles. The predicted octanol–water partition coefficient (Wildman–Crippen LogP) is 3.02. The summed E-state index contributed by atoms with van der Waals surface area (Å²) < 4.78 is 16.7. The fraction of sp³-hybridized carbons (Fsp3) is 0.625. The summed E-state index contributed by atoms with van der Waals surface area (Å²) in [5, 5.41) is 4.02. The van der Waals surface area contributed by atoms with Crippen molar-refractivity contribution >= 4 is 11.6 Å². The van der Waals surface area contributed by atoms with E-state index in [9.17, 15) is 0 Å². The Kier molecular flexibility index (Phi) is 6.77. The standard InChI is InChI=1S/C16H24ClNO3/c1-12-6-7-13(21-12)11-20-16-5-3-4-15(17)14(16)10-18-8-9-19-2/h3-5,12-13,18H,6-11H2,1-2H3. The van der Waals surface area contributed by atoms with Gasteiger partial charge in [-0.3, -0.25) is 0 Å². The highest BCUT2D eigenvalue weighted by Crippen LogP contribution is 2.27. The fourth-order valence-corrected chi connectivity index (χ4v) is 2.66. The molecule has 118 valence electrons. The minimum Gasteiger partial charge on any atom is -0.490 e. The molecule has 4 nitrogen and oxygen atoms in total. The molecule has 0 spiro atoms. The number of methoxy groups -OCH3 is 1. The van der Waals surface area contributed by atoms with Crippen LogP contribution in [0, 0.1) is 0 Å². The lowest BCUT2D eigenvalue weighted by Crippen LogP contribution is -2.21. The molecule has 2 unspecified atom stereocenters. The van der Waals surface area contributed by atoms with E-state index in [4.69, 9.17) is 25.8 Å². The average molecular weight is 314 g/mol. The molecule has 0 aliphatic carbocycles. The first kappa shape index (κ1) is 16.6. The van der Waals surface area contributed by atoms with Crippen LogP contribution >= 0.6 is 11.6 Å². The second-order valence-corrected chi connectivity index (χ2v) is 5.75. The average Bonchev–Trinajstić information content (AvgIpc) is 2.89. The molecule has 0 bridgehead atoms. The molecule has 1 fully saturated rings. The molecule has 1 aromatic rings. The first-order valence-electron chi connectivity index (χ1n) is 7.46. The van der Waals surface area contributed by atoms with E-state index in [-0.39, 0.29) is 6.10 Å². The second kappa shape index (κ2) is 8.59. The molecular weight excluding hydrogens is 290 g/mol. The van der Waals surface area contributed by atoms with Crippen molar-refractivity contribution in [1.29, 1.82) is 0 Å². The molecule has 0 radical (unpaired) electrons. The van der Waals surface area contributed by atoms with Crippen LogP contribution in [-0.2, 0) is 16.0 Å². The molecule has 21 heavy (non-hydrogen) atoms. The lowest BCUT2D eigenvalue weighted by molar-refractivity contribution is 0.0262. The molecule has 1 N–H and O–H groups in total. The topological polar surface area (TPSA) is 39.7 Å². The highest BCUT2D eigenvalue weighted by Gasteiger charge is 2.22. The number of ether oxygens (including phenoxy) is 3. The minimum absolute atomic E-state index is 0.188. The predicted molar refractivity (Wildman–Crippen MR) is 84.1 cm³/mol. The Morgan fingerprint density at radius 3 is 2.95 bits per heavy atom. The molecule has 1 aliphatic heterocycles. The van der Waals surface area contributed by atoms with Gasteiger partial charge >= 0.3 is 0 Å². The van der Waals surface area contributed by atoms with Crippen LogP contribution in [0.1, 0.15) is 25.3 Å². The van der Waals surface area contributed by atoms with Gasteiger partial charge in [-0.25, -0.2) is 0 Å². The number of rotatable bonds is 8. The lowest BCUT2D eigenvalue weighted by Gasteiger charge is -2.16. The van der Waals surface area contributed by atoms with Crippen LogP contribution in [0.5, 0.6) is 5.75 Å². The van der Waals surface area contributed by atoms with Crippen LogP contribution in [0.25, 0.3) is 0 Å². The molecule has 1 saturated heterocycles. The van der Waals surface area contributed by atoms with Crippen molar-refractivity contribution in [3.8, 4) is 5.75 Å². The van der Waals surface area contributed by atoms with E-state index >= 15 is 0 Å². The van der Waals surface area contributed by atoms with Crippen molar-refractivity contribution in [2.75, 3.05) is 26.9 Å². The van der Waals surface area contributed by atoms with Crippen LogP contribution in [0.3, 0.4) is 0 Å². The Morgan fingerprint density at radius 1 is 1.38 bits per heavy atom. The zero-order valence-electron chi connectivity index (χ0n) is 12.7. The summed E-state index contributed by atoms with van der Waals surface area (Å²) >= 11 is 6.28. The summed E-state index contributed by atoms with van der Waals surface area (Å²) in [7, 11) is 1.69. The maximum absolute atomic E-state index is 6.28. The molecule has 2 rings (SSSR count). The number of benzene rings is 1. The number of halogens is 1. The summed E-state index contributed by atoms with van der Waals surface area (Å²) in [4.78, 5) is 0. The monoisotopic (exact) mass is 313 g/mol. The van der Waals surface area contributed by atoms with Crippen LogP contribution in [0.2, 0.25) is 5.02 Å². The zero-order valence-corrected chi connectivity index (χ0v) is 13.5. The van der Waals surface area contributed by atoms with Crippen molar-refractivity contribution in [2.24, 2.45) is 0 Å². The number of hydrogen-bond acceptors (Lipinski definition) is 4. The van der Waals surface area contributed by atoms with E-state index in [1.807, 2.05) is 18.2 Å². The molecule has 1 aliphatic rings. The van der Waals surface area contributed by atoms with E-state index in [0.717, 1.165) is 35.7 Å². The molecular formula is C16H24ClNO3. The number of hydrogen-bond donors (Lipinski definition) is 1. The van der Waals surface area contributed by atoms with Crippen molar-refractivity contribution in [3.63, 3.8) is 0 Å². The maximum Gasteiger partial charge on any atom is 0.125 e. The maximum atomic E-state index is 6.28. The Hall–Kier alpha value is -0.810. The molecule has 0 amide bonds. The highest BCUT2D eigenvalue weighted by molar-refractivity contribution is 6.31. The highest BCUT2D eigenvalue weighted by atomic mass is 35.5. The van der Waals surface area contributed by atoms with E-state index in [1.54, 1.807) is 7.11 Å². The van der Waals surface area contributed by atoms with Crippen molar-refractivity contribution in [1.82, 2.24) is 5.32 Å². The minimum atomic E-state index is 0.188. The van der Waals surface area contributed by atoms with E-state index in [1.165, 1.54) is 0 Å². The summed E-state index contributed by atoms with van der Waals surface area (Å²) in [5.74, 6) is 0.829. The van der Waals surface area contributed by atoms with Crippen molar-refractivity contribution in [2.45, 2.75) is 38.5 Å². The molecule has 1 heterocycles. The molecule has 5 heteroatoms. The van der Waals surface area contributed by atoms with E-state index in [2.05, 4.69) is 12.2 Å². The van der Waals surface area contributed by atoms with Gasteiger partial charge in [0.15, 0.2) is 0 Å². The summed E-state index contributed by atoms with van der Waals surface area (Å²) in [6, 6.07) is 5.75. The molecule has 1 aromatic carbocycles. The third-order valence-electron chi connectivity index (χ3n) is 3.61. The Labute approximate surface area is 131 Å². The van der Waals surface area contributed by atoms with E-state index in [0.29, 0.717) is 25.9 Å². The molecule has 0 aromatic heterocycles. The third kappa shape index (κ3) is 5.15. The largest absolute Gasteiger partial charge is 0.490 e. The van der Waals surface area contributed by atoms with Crippen LogP contribution in [0.15, 0.2) is 18.2 Å². The van der Waals surface area contributed by atoms with E-state index < -0.39 is 0 Å². The van der Waals surface area contributed by atoms with Gasteiger partial charge in [0.2, 0.25) is 0 Å². The smallest absolute Gasteiger partial charge is 0.125 e. The van der Waals surface area contributed by atoms with Crippen molar-refractivity contribution < 1.29 is 14.2 Å². The fourth-order valence-electron chi connectivity index (χ4n) is 2.42. The molecule has 2 atom stereocenters. The van der Waals surface area contributed by atoms with Crippen LogP contribution in [0.4, 0.5) is 0 Å². The van der Waals surface area contributed by atoms with Crippen molar-refractivity contribution in [3.05, 3.63) is 28.8 Å². The van der Waals surface area contributed by atoms with Gasteiger partial charge in [0.05, 0.1) is 18.8 Å². The van der Waals surface area contributed by atoms with Crippen LogP contribution in [-0.4, -0.2) is 39.1 Å². The Bertz CT molecular complexity index is 442. The van der Waals surface area contributed by atoms with Gasteiger partial charge in [-0.1, -0.05) is 17.7 Å². The van der Waals surface area contributed by atoms with Gasteiger partial charge in [-0.05, 0) is 31.9 Å². The van der Waals surface area contributed by atoms with Gasteiger partial charge in [0.1, 0.15) is 12.4 Å². The first-order chi connectivity index (χ1) is 10.2. The number of nitrogens with one attached hydrogen (secondary N) is 1. The Balaban J connectivity index is 1.90.